The molecule has 1 aromatic heterocycles. The molecule has 0 bridgehead atoms. The summed E-state index contributed by atoms with van der Waals surface area (Å²) in [6.45, 7) is 6.25. The van der Waals surface area contributed by atoms with E-state index in [-0.39, 0.29) is 5.91 Å². The van der Waals surface area contributed by atoms with E-state index < -0.39 is 6.04 Å². The highest BCUT2D eigenvalue weighted by Crippen LogP contribution is 2.27. The average Bonchev–Trinajstić information content (AvgIpc) is 2.99. The van der Waals surface area contributed by atoms with Crippen LogP contribution in [0, 0.1) is 6.92 Å². The molecule has 4 heteroatoms. The van der Waals surface area contributed by atoms with Gasteiger partial charge < -0.3 is 16.0 Å². The third-order valence-electron chi connectivity index (χ3n) is 4.63. The number of benzene rings is 2. The van der Waals surface area contributed by atoms with E-state index in [1.165, 1.54) is 0 Å². The number of aryl methyl sites for hydroxylation is 1. The Balaban J connectivity index is 1.78. The molecule has 0 aliphatic heterocycles. The van der Waals surface area contributed by atoms with Crippen LogP contribution < -0.4 is 11.1 Å². The van der Waals surface area contributed by atoms with Gasteiger partial charge in [-0.3, -0.25) is 4.79 Å². The second-order valence-electron chi connectivity index (χ2n) is 6.85. The zero-order valence-corrected chi connectivity index (χ0v) is 15.0. The summed E-state index contributed by atoms with van der Waals surface area (Å²) in [5.74, 6) is 0.182. The van der Waals surface area contributed by atoms with Gasteiger partial charge in [-0.1, -0.05) is 50.2 Å². The fourth-order valence-corrected chi connectivity index (χ4v) is 3.19. The van der Waals surface area contributed by atoms with Crippen molar-refractivity contribution >= 4 is 22.5 Å². The molecule has 3 aromatic rings. The van der Waals surface area contributed by atoms with Crippen molar-refractivity contribution in [1.29, 1.82) is 0 Å². The molecule has 0 fully saturated rings. The maximum absolute atomic E-state index is 12.7. The van der Waals surface area contributed by atoms with Crippen LogP contribution in [0.2, 0.25) is 0 Å². The van der Waals surface area contributed by atoms with Crippen LogP contribution in [-0.2, 0) is 11.2 Å². The van der Waals surface area contributed by atoms with E-state index >= 15 is 0 Å². The second kappa shape index (κ2) is 7.11. The predicted molar refractivity (Wildman–Crippen MR) is 104 cm³/mol. The lowest BCUT2D eigenvalue weighted by atomic mass is 9.97. The molecular weight excluding hydrogens is 310 g/mol. The molecule has 25 heavy (non-hydrogen) atoms. The number of anilines is 1. The lowest BCUT2D eigenvalue weighted by Gasteiger charge is -2.18. The Morgan fingerprint density at radius 1 is 1.16 bits per heavy atom. The van der Waals surface area contributed by atoms with Crippen LogP contribution in [-0.4, -0.2) is 16.9 Å². The van der Waals surface area contributed by atoms with Gasteiger partial charge in [-0.05, 0) is 42.0 Å². The Bertz CT molecular complexity index is 895. The summed E-state index contributed by atoms with van der Waals surface area (Å²) in [6, 6.07) is 13.5. The van der Waals surface area contributed by atoms with Gasteiger partial charge in [0, 0.05) is 22.8 Å². The van der Waals surface area contributed by atoms with Crippen molar-refractivity contribution in [3.05, 3.63) is 65.4 Å². The number of carbonyl (C=O) groups excluding carboxylic acids is 1. The molecule has 0 aliphatic rings. The molecule has 4 nitrogen and oxygen atoms in total. The number of amides is 1. The fraction of sp³-hybridized carbons (Fsp3) is 0.286. The third kappa shape index (κ3) is 3.59. The Labute approximate surface area is 148 Å². The summed E-state index contributed by atoms with van der Waals surface area (Å²) >= 11 is 0. The molecule has 0 saturated heterocycles. The fourth-order valence-electron chi connectivity index (χ4n) is 3.19. The smallest absolute Gasteiger partial charge is 0.241 e. The number of aromatic amines is 1. The van der Waals surface area contributed by atoms with Crippen molar-refractivity contribution in [2.75, 3.05) is 5.32 Å². The van der Waals surface area contributed by atoms with E-state index in [0.717, 1.165) is 33.3 Å². The lowest BCUT2D eigenvalue weighted by molar-refractivity contribution is -0.117. The molecule has 0 radical (unpaired) electrons. The van der Waals surface area contributed by atoms with Crippen LogP contribution in [0.25, 0.3) is 10.9 Å². The first kappa shape index (κ1) is 17.2. The van der Waals surface area contributed by atoms with Gasteiger partial charge in [0.2, 0.25) is 5.91 Å². The third-order valence-corrected chi connectivity index (χ3v) is 4.63. The van der Waals surface area contributed by atoms with Crippen molar-refractivity contribution in [3.8, 4) is 0 Å². The number of rotatable bonds is 5. The molecular formula is C21H25N3O. The van der Waals surface area contributed by atoms with Gasteiger partial charge in [0.1, 0.15) is 0 Å². The number of H-pyrrole nitrogens is 1. The van der Waals surface area contributed by atoms with Crippen molar-refractivity contribution in [2.24, 2.45) is 5.73 Å². The molecule has 1 amide bonds. The Morgan fingerprint density at radius 3 is 2.68 bits per heavy atom. The van der Waals surface area contributed by atoms with Crippen molar-refractivity contribution in [3.63, 3.8) is 0 Å². The number of nitrogens with two attached hydrogens (primary N) is 1. The van der Waals surface area contributed by atoms with Gasteiger partial charge in [-0.25, -0.2) is 0 Å². The number of para-hydroxylation sites is 2. The van der Waals surface area contributed by atoms with Gasteiger partial charge >= 0.3 is 0 Å². The van der Waals surface area contributed by atoms with E-state index in [9.17, 15) is 4.79 Å². The minimum Gasteiger partial charge on any atom is -0.361 e. The molecule has 2 aromatic carbocycles. The Hall–Kier alpha value is -2.59. The van der Waals surface area contributed by atoms with Gasteiger partial charge in [0.25, 0.3) is 0 Å². The van der Waals surface area contributed by atoms with Crippen molar-refractivity contribution < 1.29 is 4.79 Å². The van der Waals surface area contributed by atoms with Crippen LogP contribution in [0.4, 0.5) is 5.69 Å². The predicted octanol–water partition coefficient (Wildman–Crippen LogP) is 4.11. The van der Waals surface area contributed by atoms with Gasteiger partial charge in [-0.15, -0.1) is 0 Å². The first-order valence-corrected chi connectivity index (χ1v) is 8.68. The van der Waals surface area contributed by atoms with E-state index in [2.05, 4.69) is 30.2 Å². The lowest BCUT2D eigenvalue weighted by Crippen LogP contribution is -2.37. The Morgan fingerprint density at radius 2 is 1.92 bits per heavy atom. The number of hydrogen-bond donors (Lipinski definition) is 3. The van der Waals surface area contributed by atoms with Crippen LogP contribution in [0.1, 0.15) is 36.5 Å². The standard InChI is InChI=1S/C21H25N3O/c1-13(2)16-9-6-7-14(3)20(16)24-21(25)18(22)11-15-12-23-19-10-5-4-8-17(15)19/h4-10,12-13,18,23H,11,22H2,1-3H3,(H,24,25)/t18-/m0/s1. The summed E-state index contributed by atoms with van der Waals surface area (Å²) in [5, 5.41) is 4.16. The Kier molecular flexibility index (Phi) is 4.91. The van der Waals surface area contributed by atoms with Crippen LogP contribution in [0.15, 0.2) is 48.7 Å². The summed E-state index contributed by atoms with van der Waals surface area (Å²) in [5.41, 5.74) is 11.4. The van der Waals surface area contributed by atoms with E-state index in [1.807, 2.05) is 49.5 Å². The number of fused-ring (bicyclic) bond motifs is 1. The van der Waals surface area contributed by atoms with E-state index in [4.69, 9.17) is 5.73 Å². The summed E-state index contributed by atoms with van der Waals surface area (Å²) in [4.78, 5) is 15.9. The largest absolute Gasteiger partial charge is 0.361 e. The van der Waals surface area contributed by atoms with Crippen LogP contribution >= 0.6 is 0 Å². The second-order valence-corrected chi connectivity index (χ2v) is 6.85. The number of carbonyl (C=O) groups is 1. The molecule has 0 spiro atoms. The molecule has 0 saturated carbocycles. The summed E-state index contributed by atoms with van der Waals surface area (Å²) < 4.78 is 0. The first-order valence-electron chi connectivity index (χ1n) is 8.68. The molecule has 0 aliphatic carbocycles. The highest BCUT2D eigenvalue weighted by atomic mass is 16.2. The highest BCUT2D eigenvalue weighted by Gasteiger charge is 2.19. The first-order chi connectivity index (χ1) is 12.0. The normalized spacial score (nSPS) is 12.5. The molecule has 3 rings (SSSR count). The number of aromatic nitrogens is 1. The average molecular weight is 335 g/mol. The van der Waals surface area contributed by atoms with Gasteiger partial charge in [-0.2, -0.15) is 0 Å². The topological polar surface area (TPSA) is 70.9 Å². The quantitative estimate of drug-likeness (QED) is 0.656. The van der Waals surface area contributed by atoms with Gasteiger partial charge in [0.15, 0.2) is 0 Å². The highest BCUT2D eigenvalue weighted by molar-refractivity contribution is 5.96. The van der Waals surface area contributed by atoms with E-state index in [1.54, 1.807) is 0 Å². The number of hydrogen-bond acceptors (Lipinski definition) is 2. The zero-order chi connectivity index (χ0) is 18.0. The summed E-state index contributed by atoms with van der Waals surface area (Å²) in [7, 11) is 0. The SMILES string of the molecule is Cc1cccc(C(C)C)c1NC(=O)[C@@H](N)Cc1c[nH]c2ccccc12. The maximum Gasteiger partial charge on any atom is 0.241 e. The minimum absolute atomic E-state index is 0.151. The number of nitrogens with one attached hydrogen (secondary N) is 2. The van der Waals surface area contributed by atoms with Gasteiger partial charge in [0.05, 0.1) is 6.04 Å². The molecule has 130 valence electrons. The van der Waals surface area contributed by atoms with Crippen LogP contribution in [0.5, 0.6) is 0 Å². The molecule has 1 heterocycles. The van der Waals surface area contributed by atoms with Crippen LogP contribution in [0.3, 0.4) is 0 Å². The molecule has 4 N–H and O–H groups in total. The maximum atomic E-state index is 12.7. The van der Waals surface area contributed by atoms with Crippen molar-refractivity contribution in [2.45, 2.75) is 39.2 Å². The minimum atomic E-state index is -0.598. The molecule has 1 atom stereocenters. The monoisotopic (exact) mass is 335 g/mol. The van der Waals surface area contributed by atoms with E-state index in [0.29, 0.717) is 12.3 Å². The zero-order valence-electron chi connectivity index (χ0n) is 15.0. The summed E-state index contributed by atoms with van der Waals surface area (Å²) in [6.07, 6.45) is 2.43. The molecule has 0 unspecified atom stereocenters. The van der Waals surface area contributed by atoms with Crippen molar-refractivity contribution in [1.82, 2.24) is 4.98 Å².